The van der Waals surface area contributed by atoms with Gasteiger partial charge in [-0.25, -0.2) is 4.98 Å². The van der Waals surface area contributed by atoms with Crippen molar-refractivity contribution in [2.75, 3.05) is 12.0 Å². The van der Waals surface area contributed by atoms with E-state index in [-0.39, 0.29) is 11.9 Å². The van der Waals surface area contributed by atoms with Gasteiger partial charge in [-0.3, -0.25) is 4.79 Å². The zero-order valence-corrected chi connectivity index (χ0v) is 19.0. The Morgan fingerprint density at radius 1 is 1.00 bits per heavy atom. The van der Waals surface area contributed by atoms with Crippen molar-refractivity contribution in [3.63, 3.8) is 0 Å². The number of nitrogens with one attached hydrogen (secondary N) is 1. The van der Waals surface area contributed by atoms with Crippen molar-refractivity contribution in [1.29, 1.82) is 0 Å². The third kappa shape index (κ3) is 5.48. The van der Waals surface area contributed by atoms with Gasteiger partial charge in [0.2, 0.25) is 5.91 Å². The largest absolute Gasteiger partial charge is 0.343 e. The van der Waals surface area contributed by atoms with Gasteiger partial charge in [-0.2, -0.15) is 11.8 Å². The fourth-order valence-corrected chi connectivity index (χ4v) is 4.22. The number of rotatable bonds is 9. The third-order valence-corrected chi connectivity index (χ3v) is 5.98. The van der Waals surface area contributed by atoms with Gasteiger partial charge < -0.3 is 9.88 Å². The lowest BCUT2D eigenvalue weighted by atomic mass is 10.1. The van der Waals surface area contributed by atoms with Gasteiger partial charge in [0.05, 0.1) is 17.1 Å². The number of thioether (sulfide) groups is 1. The summed E-state index contributed by atoms with van der Waals surface area (Å²) in [5, 5.41) is 3.20. The van der Waals surface area contributed by atoms with Crippen LogP contribution in [0, 0.1) is 0 Å². The van der Waals surface area contributed by atoms with Gasteiger partial charge in [-0.15, -0.1) is 0 Å². The maximum absolute atomic E-state index is 12.8. The average molecular weight is 442 g/mol. The smallest absolute Gasteiger partial charge is 0.244 e. The molecule has 0 radical (unpaired) electrons. The minimum absolute atomic E-state index is 0.113. The van der Waals surface area contributed by atoms with Gasteiger partial charge in [0.15, 0.2) is 0 Å². The van der Waals surface area contributed by atoms with Gasteiger partial charge in [0.25, 0.3) is 0 Å². The van der Waals surface area contributed by atoms with E-state index in [1.807, 2.05) is 60.7 Å². The van der Waals surface area contributed by atoms with Crippen LogP contribution in [0.4, 0.5) is 0 Å². The van der Waals surface area contributed by atoms with Crippen LogP contribution in [0.2, 0.25) is 0 Å². The van der Waals surface area contributed by atoms with Crippen molar-refractivity contribution in [2.45, 2.75) is 19.0 Å². The zero-order chi connectivity index (χ0) is 22.2. The summed E-state index contributed by atoms with van der Waals surface area (Å²) in [7, 11) is 0. The van der Waals surface area contributed by atoms with Crippen molar-refractivity contribution >= 4 is 34.8 Å². The molecule has 3 aromatic carbocycles. The van der Waals surface area contributed by atoms with Crippen LogP contribution < -0.4 is 5.32 Å². The molecule has 4 rings (SSSR count). The Kier molecular flexibility index (Phi) is 7.41. The van der Waals surface area contributed by atoms with E-state index in [1.54, 1.807) is 17.8 Å². The van der Waals surface area contributed by atoms with Gasteiger partial charge in [0.1, 0.15) is 5.82 Å². The maximum atomic E-state index is 12.8. The van der Waals surface area contributed by atoms with E-state index in [2.05, 4.69) is 46.5 Å². The van der Waals surface area contributed by atoms with Crippen LogP contribution >= 0.6 is 11.8 Å². The van der Waals surface area contributed by atoms with Crippen LogP contribution in [0.25, 0.3) is 17.1 Å². The molecule has 0 bridgehead atoms. The average Bonchev–Trinajstić information content (AvgIpc) is 3.20. The zero-order valence-electron chi connectivity index (χ0n) is 18.1. The van der Waals surface area contributed by atoms with Gasteiger partial charge in [0, 0.05) is 12.6 Å². The second kappa shape index (κ2) is 10.8. The van der Waals surface area contributed by atoms with Crippen LogP contribution in [0.3, 0.4) is 0 Å². The highest BCUT2D eigenvalue weighted by atomic mass is 32.2. The molecule has 0 spiro atoms. The highest BCUT2D eigenvalue weighted by Crippen LogP contribution is 2.25. The number of hydrogen-bond donors (Lipinski definition) is 1. The molecule has 0 saturated heterocycles. The molecule has 0 aliphatic rings. The second-order valence-electron chi connectivity index (χ2n) is 7.62. The molecule has 1 N–H and O–H groups in total. The van der Waals surface area contributed by atoms with E-state index in [9.17, 15) is 4.79 Å². The summed E-state index contributed by atoms with van der Waals surface area (Å²) in [5.41, 5.74) is 4.23. The number of nitrogens with zero attached hydrogens (tertiary/aromatic N) is 2. The van der Waals surface area contributed by atoms with Crippen molar-refractivity contribution in [3.05, 3.63) is 108 Å². The first-order valence-electron chi connectivity index (χ1n) is 10.8. The van der Waals surface area contributed by atoms with E-state index in [0.29, 0.717) is 6.54 Å². The van der Waals surface area contributed by atoms with E-state index >= 15 is 0 Å². The molecule has 162 valence electrons. The Labute approximate surface area is 193 Å². The molecule has 0 fully saturated rings. The lowest BCUT2D eigenvalue weighted by molar-refractivity contribution is -0.117. The van der Waals surface area contributed by atoms with Crippen molar-refractivity contribution < 1.29 is 4.79 Å². The fraction of sp³-hybridized carbons (Fsp3) is 0.185. The Morgan fingerprint density at radius 3 is 2.44 bits per heavy atom. The number of hydrogen-bond acceptors (Lipinski definition) is 3. The summed E-state index contributed by atoms with van der Waals surface area (Å²) in [4.78, 5) is 17.8. The lowest BCUT2D eigenvalue weighted by Gasteiger charge is -2.19. The first kappa shape index (κ1) is 21.9. The van der Waals surface area contributed by atoms with Crippen LogP contribution in [-0.4, -0.2) is 27.5 Å². The third-order valence-electron chi connectivity index (χ3n) is 5.33. The number of carbonyl (C=O) groups is 1. The number of aromatic nitrogens is 2. The van der Waals surface area contributed by atoms with Crippen molar-refractivity contribution in [3.8, 4) is 0 Å². The predicted octanol–water partition coefficient (Wildman–Crippen LogP) is 5.71. The molecular formula is C27H27N3OS. The molecule has 0 unspecified atom stereocenters. The number of para-hydroxylation sites is 2. The number of imidazole rings is 1. The van der Waals surface area contributed by atoms with E-state index < -0.39 is 0 Å². The Bertz CT molecular complexity index is 1190. The van der Waals surface area contributed by atoms with Crippen LogP contribution in [0.1, 0.15) is 29.4 Å². The monoisotopic (exact) mass is 441 g/mol. The summed E-state index contributed by atoms with van der Waals surface area (Å²) in [6.45, 7) is 0.710. The molecule has 0 aliphatic heterocycles. The highest BCUT2D eigenvalue weighted by molar-refractivity contribution is 7.98. The number of benzene rings is 3. The van der Waals surface area contributed by atoms with Crippen LogP contribution in [0.5, 0.6) is 0 Å². The minimum atomic E-state index is -0.175. The first-order chi connectivity index (χ1) is 15.7. The molecule has 1 aromatic heterocycles. The quantitative estimate of drug-likeness (QED) is 0.339. The van der Waals surface area contributed by atoms with Gasteiger partial charge in [-0.1, -0.05) is 72.8 Å². The molecule has 1 amide bonds. The first-order valence-corrected chi connectivity index (χ1v) is 12.2. The number of amides is 1. The molecular weight excluding hydrogens is 414 g/mol. The summed E-state index contributed by atoms with van der Waals surface area (Å²) >= 11 is 1.77. The van der Waals surface area contributed by atoms with Gasteiger partial charge in [-0.05, 0) is 47.8 Å². The van der Waals surface area contributed by atoms with Crippen LogP contribution in [-0.2, 0) is 11.3 Å². The second-order valence-corrected chi connectivity index (χ2v) is 8.60. The lowest BCUT2D eigenvalue weighted by Crippen LogP contribution is -2.30. The van der Waals surface area contributed by atoms with E-state index in [4.69, 9.17) is 4.98 Å². The summed E-state index contributed by atoms with van der Waals surface area (Å²) in [6.07, 6.45) is 6.34. The normalized spacial score (nSPS) is 12.3. The molecule has 0 aliphatic carbocycles. The van der Waals surface area contributed by atoms with Crippen molar-refractivity contribution in [1.82, 2.24) is 14.9 Å². The van der Waals surface area contributed by atoms with Gasteiger partial charge >= 0.3 is 0 Å². The Balaban J connectivity index is 1.65. The van der Waals surface area contributed by atoms with Crippen LogP contribution in [0.15, 0.2) is 91.0 Å². The Hall–Kier alpha value is -3.31. The standard InChI is InChI=1S/C27H27N3OS/c1-32-19-18-24(28-26(31)17-16-21-10-4-2-5-11-21)27-29-23-14-8-9-15-25(23)30(27)20-22-12-6-3-7-13-22/h2-17,24H,18-20H2,1H3,(H,28,31)/b17-16-/t24-/m1/s1. The number of fused-ring (bicyclic) bond motifs is 1. The molecule has 5 heteroatoms. The molecule has 4 nitrogen and oxygen atoms in total. The summed E-state index contributed by atoms with van der Waals surface area (Å²) < 4.78 is 2.23. The minimum Gasteiger partial charge on any atom is -0.343 e. The molecule has 1 heterocycles. The molecule has 4 aromatic rings. The molecule has 0 saturated carbocycles. The highest BCUT2D eigenvalue weighted by Gasteiger charge is 2.21. The SMILES string of the molecule is CSCC[C@@H](NC(=O)/C=C\c1ccccc1)c1nc2ccccc2n1Cc1ccccc1. The fourth-order valence-electron chi connectivity index (χ4n) is 3.75. The topological polar surface area (TPSA) is 46.9 Å². The van der Waals surface area contributed by atoms with Crippen molar-refractivity contribution in [2.24, 2.45) is 0 Å². The Morgan fingerprint density at radius 2 is 1.69 bits per heavy atom. The van der Waals surface area contributed by atoms with E-state index in [1.165, 1.54) is 5.56 Å². The van der Waals surface area contributed by atoms with E-state index in [0.717, 1.165) is 34.6 Å². The predicted molar refractivity (Wildman–Crippen MR) is 135 cm³/mol. The number of carbonyl (C=O) groups excluding carboxylic acids is 1. The molecule has 1 atom stereocenters. The summed E-state index contributed by atoms with van der Waals surface area (Å²) in [5.74, 6) is 1.71. The molecule has 32 heavy (non-hydrogen) atoms. The summed E-state index contributed by atoms with van der Waals surface area (Å²) in [6, 6.07) is 28.2. The maximum Gasteiger partial charge on any atom is 0.244 e.